The molecule has 0 aliphatic rings. The summed E-state index contributed by atoms with van der Waals surface area (Å²) >= 11 is 0. The van der Waals surface area contributed by atoms with Gasteiger partial charge in [-0.1, -0.05) is 12.1 Å². The maximum atomic E-state index is 12.4. The van der Waals surface area contributed by atoms with Crippen LogP contribution in [0.3, 0.4) is 0 Å². The number of nitrogens with one attached hydrogen (secondary N) is 2. The van der Waals surface area contributed by atoms with Gasteiger partial charge in [0.2, 0.25) is 11.8 Å². The number of aliphatic hydroxyl groups excluding tert-OH is 1. The second-order valence-electron chi connectivity index (χ2n) is 6.20. The summed E-state index contributed by atoms with van der Waals surface area (Å²) in [6.07, 6.45) is -2.19. The van der Waals surface area contributed by atoms with Crippen molar-refractivity contribution in [2.24, 2.45) is 5.73 Å². The first-order valence-electron chi connectivity index (χ1n) is 8.28. The van der Waals surface area contributed by atoms with E-state index in [0.29, 0.717) is 5.56 Å². The molecule has 12 heteroatoms. The van der Waals surface area contributed by atoms with Gasteiger partial charge in [0, 0.05) is 6.42 Å². The molecule has 0 spiro atoms. The summed E-state index contributed by atoms with van der Waals surface area (Å²) in [6, 6.07) is 1.25. The van der Waals surface area contributed by atoms with Gasteiger partial charge in [-0.2, -0.15) is 0 Å². The highest BCUT2D eigenvalue weighted by molar-refractivity contribution is 5.94. The lowest BCUT2D eigenvalue weighted by molar-refractivity contribution is -0.143. The lowest BCUT2D eigenvalue weighted by Gasteiger charge is -2.22. The van der Waals surface area contributed by atoms with Gasteiger partial charge in [-0.15, -0.1) is 12.4 Å². The first-order valence-corrected chi connectivity index (χ1v) is 8.28. The molecule has 0 saturated heterocycles. The van der Waals surface area contributed by atoms with E-state index in [-0.39, 0.29) is 24.6 Å². The Hall–Kier alpha value is -2.89. The minimum absolute atomic E-state index is 0. The number of phenolic OH excluding ortho intramolecular Hbond substituents is 1. The van der Waals surface area contributed by atoms with Crippen LogP contribution in [0.2, 0.25) is 0 Å². The summed E-state index contributed by atoms with van der Waals surface area (Å²) < 4.78 is 0. The van der Waals surface area contributed by atoms with E-state index in [2.05, 4.69) is 10.6 Å². The number of aliphatic hydroxyl groups is 1. The number of carboxylic acids is 2. The molecule has 0 radical (unpaired) electrons. The number of carbonyl (C=O) groups is 4. The van der Waals surface area contributed by atoms with Gasteiger partial charge in [-0.25, -0.2) is 4.79 Å². The Bertz CT molecular complexity index is 726. The summed E-state index contributed by atoms with van der Waals surface area (Å²) in [4.78, 5) is 46.7. The van der Waals surface area contributed by atoms with Crippen LogP contribution in [0, 0.1) is 0 Å². The zero-order chi connectivity index (χ0) is 21.4. The Morgan fingerprint density at radius 3 is 1.97 bits per heavy atom. The standard InChI is InChI=1S/C17H23N3O8.ClH/c1-8(21)14(18)16(26)19-11(7-13(23)24)15(25)20-12(17(27)28)6-9-2-4-10(22)5-3-9;/h2-5,8,11-12,14,21-22H,6-7,18H2,1H3,(H,19,26)(H,20,25)(H,23,24)(H,27,28);1H/t8-,11+,12-,14+;/m1./s1. The highest BCUT2D eigenvalue weighted by Gasteiger charge is 2.30. The summed E-state index contributed by atoms with van der Waals surface area (Å²) in [7, 11) is 0. The molecule has 11 nitrogen and oxygen atoms in total. The predicted octanol–water partition coefficient (Wildman–Crippen LogP) is -1.41. The molecular weight excluding hydrogens is 410 g/mol. The molecule has 2 amide bonds. The van der Waals surface area contributed by atoms with E-state index in [4.69, 9.17) is 10.8 Å². The Kier molecular flexibility index (Phi) is 10.7. The van der Waals surface area contributed by atoms with Crippen molar-refractivity contribution in [1.82, 2.24) is 10.6 Å². The van der Waals surface area contributed by atoms with E-state index >= 15 is 0 Å². The van der Waals surface area contributed by atoms with E-state index in [9.17, 15) is 34.5 Å². The molecule has 1 aromatic rings. The SMILES string of the molecule is C[C@@H](O)[C@H](N)C(=O)N[C@@H](CC(=O)O)C(=O)N[C@H](Cc1ccc(O)cc1)C(=O)O.Cl. The fourth-order valence-corrected chi connectivity index (χ4v) is 2.21. The van der Waals surface area contributed by atoms with Crippen molar-refractivity contribution in [2.45, 2.75) is 44.0 Å². The number of halogens is 1. The molecule has 0 bridgehead atoms. The maximum Gasteiger partial charge on any atom is 0.326 e. The van der Waals surface area contributed by atoms with Gasteiger partial charge < -0.3 is 36.8 Å². The fraction of sp³-hybridized carbons (Fsp3) is 0.412. The molecule has 162 valence electrons. The number of carbonyl (C=O) groups excluding carboxylic acids is 2. The molecule has 0 fully saturated rings. The molecule has 0 unspecified atom stereocenters. The third-order valence-corrected chi connectivity index (χ3v) is 3.82. The van der Waals surface area contributed by atoms with E-state index in [1.54, 1.807) is 0 Å². The number of nitrogens with two attached hydrogens (primary N) is 1. The van der Waals surface area contributed by atoms with Gasteiger partial charge in [-0.05, 0) is 24.6 Å². The van der Waals surface area contributed by atoms with Crippen LogP contribution in [0.4, 0.5) is 0 Å². The zero-order valence-electron chi connectivity index (χ0n) is 15.4. The minimum atomic E-state index is -1.59. The third-order valence-electron chi connectivity index (χ3n) is 3.82. The number of benzene rings is 1. The average molecular weight is 434 g/mol. The summed E-state index contributed by atoms with van der Waals surface area (Å²) in [5, 5.41) is 41.1. The van der Waals surface area contributed by atoms with Crippen LogP contribution in [0.15, 0.2) is 24.3 Å². The van der Waals surface area contributed by atoms with E-state index < -0.39 is 54.4 Å². The smallest absolute Gasteiger partial charge is 0.326 e. The first-order chi connectivity index (χ1) is 13.0. The molecule has 0 aliphatic heterocycles. The predicted molar refractivity (Wildman–Crippen MR) is 102 cm³/mol. The zero-order valence-corrected chi connectivity index (χ0v) is 16.3. The van der Waals surface area contributed by atoms with E-state index in [1.165, 1.54) is 31.2 Å². The number of amides is 2. The van der Waals surface area contributed by atoms with Crippen LogP contribution in [-0.4, -0.2) is 68.4 Å². The van der Waals surface area contributed by atoms with Gasteiger partial charge in [-0.3, -0.25) is 14.4 Å². The second kappa shape index (κ2) is 11.8. The molecule has 4 atom stereocenters. The van der Waals surface area contributed by atoms with Gasteiger partial charge in [0.15, 0.2) is 0 Å². The second-order valence-corrected chi connectivity index (χ2v) is 6.20. The van der Waals surface area contributed by atoms with Crippen LogP contribution in [-0.2, 0) is 25.6 Å². The normalized spacial score (nSPS) is 14.4. The van der Waals surface area contributed by atoms with Crippen molar-refractivity contribution < 1.29 is 39.6 Å². The molecule has 0 heterocycles. The lowest BCUT2D eigenvalue weighted by Crippen LogP contribution is -2.57. The number of aromatic hydroxyl groups is 1. The summed E-state index contributed by atoms with van der Waals surface area (Å²) in [5.74, 6) is -4.78. The molecule has 8 N–H and O–H groups in total. The quantitative estimate of drug-likeness (QED) is 0.231. The number of aliphatic carboxylic acids is 2. The van der Waals surface area contributed by atoms with Crippen molar-refractivity contribution in [3.05, 3.63) is 29.8 Å². The van der Waals surface area contributed by atoms with Gasteiger partial charge >= 0.3 is 11.9 Å². The van der Waals surface area contributed by atoms with Crippen LogP contribution in [0.5, 0.6) is 5.75 Å². The highest BCUT2D eigenvalue weighted by atomic mass is 35.5. The van der Waals surface area contributed by atoms with Crippen molar-refractivity contribution in [2.75, 3.05) is 0 Å². The Morgan fingerprint density at radius 1 is 1.00 bits per heavy atom. The minimum Gasteiger partial charge on any atom is -0.508 e. The number of hydrogen-bond acceptors (Lipinski definition) is 7. The Morgan fingerprint density at radius 2 is 1.52 bits per heavy atom. The van der Waals surface area contributed by atoms with Crippen molar-refractivity contribution in [3.63, 3.8) is 0 Å². The summed E-state index contributed by atoms with van der Waals surface area (Å²) in [5.41, 5.74) is 5.95. The van der Waals surface area contributed by atoms with Crippen molar-refractivity contribution >= 4 is 36.2 Å². The molecule has 0 aromatic heterocycles. The number of rotatable bonds is 10. The molecule has 0 aliphatic carbocycles. The van der Waals surface area contributed by atoms with Crippen LogP contribution in [0.1, 0.15) is 18.9 Å². The maximum absolute atomic E-state index is 12.4. The van der Waals surface area contributed by atoms with Crippen LogP contribution < -0.4 is 16.4 Å². The van der Waals surface area contributed by atoms with Crippen molar-refractivity contribution in [3.8, 4) is 5.75 Å². The van der Waals surface area contributed by atoms with E-state index in [1.807, 2.05) is 0 Å². The molecule has 29 heavy (non-hydrogen) atoms. The molecular formula is C17H24ClN3O8. The number of hydrogen-bond donors (Lipinski definition) is 7. The summed E-state index contributed by atoms with van der Waals surface area (Å²) in [6.45, 7) is 1.24. The van der Waals surface area contributed by atoms with Crippen LogP contribution >= 0.6 is 12.4 Å². The first kappa shape index (κ1) is 26.1. The number of carboxylic acid groups (broad SMARTS) is 2. The van der Waals surface area contributed by atoms with Gasteiger partial charge in [0.1, 0.15) is 23.9 Å². The van der Waals surface area contributed by atoms with Gasteiger partial charge in [0.25, 0.3) is 0 Å². The molecule has 1 rings (SSSR count). The third kappa shape index (κ3) is 8.77. The fourth-order valence-electron chi connectivity index (χ4n) is 2.21. The molecule has 0 saturated carbocycles. The largest absolute Gasteiger partial charge is 0.508 e. The Balaban J connectivity index is 0.00000784. The topological polar surface area (TPSA) is 199 Å². The van der Waals surface area contributed by atoms with E-state index in [0.717, 1.165) is 0 Å². The highest BCUT2D eigenvalue weighted by Crippen LogP contribution is 2.11. The Labute approximate surface area is 172 Å². The average Bonchev–Trinajstić information content (AvgIpc) is 2.60. The van der Waals surface area contributed by atoms with Gasteiger partial charge in [0.05, 0.1) is 12.5 Å². The monoisotopic (exact) mass is 433 g/mol. The number of phenols is 1. The lowest BCUT2D eigenvalue weighted by atomic mass is 10.0. The van der Waals surface area contributed by atoms with Crippen LogP contribution in [0.25, 0.3) is 0 Å². The molecule has 1 aromatic carbocycles. The van der Waals surface area contributed by atoms with Crippen molar-refractivity contribution in [1.29, 1.82) is 0 Å².